The van der Waals surface area contributed by atoms with Crippen LogP contribution in [-0.4, -0.2) is 102 Å². The van der Waals surface area contributed by atoms with E-state index in [1.54, 1.807) is 36.0 Å². The van der Waals surface area contributed by atoms with Gasteiger partial charge in [-0.25, -0.2) is 21.6 Å². The maximum atomic E-state index is 13.3. The van der Waals surface area contributed by atoms with Gasteiger partial charge >= 0.3 is 0 Å². The van der Waals surface area contributed by atoms with Crippen LogP contribution in [0.1, 0.15) is 22.3 Å². The van der Waals surface area contributed by atoms with E-state index < -0.39 is 41.3 Å². The smallest absolute Gasteiger partial charge is 0.293 e. The van der Waals surface area contributed by atoms with Crippen LogP contribution in [0.5, 0.6) is 0 Å². The van der Waals surface area contributed by atoms with Crippen LogP contribution >= 0.6 is 11.8 Å². The molecule has 1 aliphatic rings. The normalized spacial score (nSPS) is 14.5. The van der Waals surface area contributed by atoms with E-state index in [9.17, 15) is 31.7 Å². The molecule has 1 heterocycles. The average molecular weight is 781 g/mol. The van der Waals surface area contributed by atoms with Crippen molar-refractivity contribution in [3.8, 4) is 0 Å². The molecule has 0 spiro atoms. The summed E-state index contributed by atoms with van der Waals surface area (Å²) in [7, 11) is -3.89. The zero-order valence-electron chi connectivity index (χ0n) is 29.8. The van der Waals surface area contributed by atoms with Gasteiger partial charge in [-0.1, -0.05) is 36.4 Å². The van der Waals surface area contributed by atoms with Crippen molar-refractivity contribution in [2.45, 2.75) is 33.7 Å². The zero-order chi connectivity index (χ0) is 38.2. The fourth-order valence-corrected chi connectivity index (χ4v) is 8.88. The lowest BCUT2D eigenvalue weighted by molar-refractivity contribution is -0.384. The van der Waals surface area contributed by atoms with Crippen molar-refractivity contribution in [1.82, 2.24) is 14.5 Å². The number of sulfone groups is 1. The summed E-state index contributed by atoms with van der Waals surface area (Å²) in [5.41, 5.74) is 1.50. The van der Waals surface area contributed by atoms with E-state index in [0.29, 0.717) is 49.8 Å². The monoisotopic (exact) mass is 780 g/mol. The number of piperazine rings is 1. The lowest BCUT2D eigenvalue weighted by atomic mass is 10.1. The van der Waals surface area contributed by atoms with Crippen LogP contribution in [0.2, 0.25) is 0 Å². The molecule has 0 aliphatic carbocycles. The lowest BCUT2D eigenvalue weighted by Crippen LogP contribution is -2.46. The predicted octanol–water partition coefficient (Wildman–Crippen LogP) is 4.96. The van der Waals surface area contributed by atoms with Gasteiger partial charge in [-0.05, 0) is 87.2 Å². The Morgan fingerprint density at radius 1 is 0.906 bits per heavy atom. The SMILES string of the molecule is CN(C)CC[C@H](CSc1ccccc1)Nc1ccc(S(=O)(=O)NC(=O)c2ccc(N3CCN(Cc4ccccc4S(C)(=O)=O)CC3)cc2)cc1[N+](=O)[O-]. The summed E-state index contributed by atoms with van der Waals surface area (Å²) in [6, 6.07) is 26.8. The van der Waals surface area contributed by atoms with Gasteiger partial charge in [0.05, 0.1) is 14.7 Å². The number of hydrogen-bond donors (Lipinski definition) is 2. The number of nitrogens with zero attached hydrogens (tertiary/aromatic N) is 4. The minimum absolute atomic E-state index is 0.112. The van der Waals surface area contributed by atoms with Gasteiger partial charge in [0.25, 0.3) is 21.6 Å². The number of thioether (sulfide) groups is 1. The molecule has 0 unspecified atom stereocenters. The van der Waals surface area contributed by atoms with Crippen molar-refractivity contribution >= 4 is 54.6 Å². The molecule has 16 heteroatoms. The van der Waals surface area contributed by atoms with Gasteiger partial charge in [0.15, 0.2) is 9.84 Å². The molecule has 1 fully saturated rings. The summed E-state index contributed by atoms with van der Waals surface area (Å²) in [5.74, 6) is -0.236. The molecule has 0 aromatic heterocycles. The van der Waals surface area contributed by atoms with E-state index in [2.05, 4.69) is 15.1 Å². The summed E-state index contributed by atoms with van der Waals surface area (Å²) in [5, 5.41) is 15.4. The van der Waals surface area contributed by atoms with Gasteiger partial charge < -0.3 is 15.1 Å². The number of amides is 1. The highest BCUT2D eigenvalue weighted by Gasteiger charge is 2.26. The van der Waals surface area contributed by atoms with Crippen molar-refractivity contribution in [2.24, 2.45) is 0 Å². The molecule has 13 nitrogen and oxygen atoms in total. The second-order valence-electron chi connectivity index (χ2n) is 13.1. The van der Waals surface area contributed by atoms with Crippen molar-refractivity contribution in [1.29, 1.82) is 0 Å². The van der Waals surface area contributed by atoms with Crippen LogP contribution < -0.4 is 14.9 Å². The molecule has 0 saturated carbocycles. The van der Waals surface area contributed by atoms with E-state index in [4.69, 9.17) is 0 Å². The van der Waals surface area contributed by atoms with E-state index in [1.165, 1.54) is 30.5 Å². The van der Waals surface area contributed by atoms with E-state index in [-0.39, 0.29) is 17.3 Å². The topological polar surface area (TPSA) is 162 Å². The summed E-state index contributed by atoms with van der Waals surface area (Å²) < 4.78 is 53.0. The highest BCUT2D eigenvalue weighted by molar-refractivity contribution is 7.99. The van der Waals surface area contributed by atoms with Gasteiger partial charge in [0.2, 0.25) is 0 Å². The molecule has 1 saturated heterocycles. The second kappa shape index (κ2) is 17.6. The number of carbonyl (C=O) groups excluding carboxylic acids is 1. The Balaban J connectivity index is 1.21. The number of nitro groups is 1. The molecule has 5 rings (SSSR count). The highest BCUT2D eigenvalue weighted by Crippen LogP contribution is 2.30. The van der Waals surface area contributed by atoms with Crippen LogP contribution in [0.4, 0.5) is 17.1 Å². The number of hydrogen-bond acceptors (Lipinski definition) is 12. The predicted molar refractivity (Wildman–Crippen MR) is 209 cm³/mol. The summed E-state index contributed by atoms with van der Waals surface area (Å²) in [6.45, 7) is 3.99. The van der Waals surface area contributed by atoms with Gasteiger partial charge in [-0.15, -0.1) is 11.8 Å². The number of nitro benzene ring substituents is 1. The maximum Gasteiger partial charge on any atom is 0.293 e. The quantitative estimate of drug-likeness (QED) is 0.0895. The molecule has 282 valence electrons. The first kappa shape index (κ1) is 39.7. The minimum Gasteiger partial charge on any atom is -0.376 e. The van der Waals surface area contributed by atoms with Crippen LogP contribution in [0.3, 0.4) is 0 Å². The Hall–Kier alpha value is -4.48. The van der Waals surface area contributed by atoms with Gasteiger partial charge in [-0.3, -0.25) is 19.8 Å². The molecule has 1 amide bonds. The minimum atomic E-state index is -4.45. The lowest BCUT2D eigenvalue weighted by Gasteiger charge is -2.36. The Morgan fingerprint density at radius 3 is 2.21 bits per heavy atom. The number of anilines is 2. The van der Waals surface area contributed by atoms with Crippen LogP contribution in [0, 0.1) is 10.1 Å². The molecular weight excluding hydrogens is 737 g/mol. The third-order valence-electron chi connectivity index (χ3n) is 8.82. The third-order valence-corrected chi connectivity index (χ3v) is 12.5. The van der Waals surface area contributed by atoms with Gasteiger partial charge in [0, 0.05) is 73.0 Å². The fraction of sp³-hybridized carbons (Fsp3) is 0.324. The Labute approximate surface area is 315 Å². The molecule has 1 atom stereocenters. The van der Waals surface area contributed by atoms with Crippen LogP contribution in [-0.2, 0) is 26.4 Å². The number of carbonyl (C=O) groups is 1. The molecule has 4 aromatic carbocycles. The van der Waals surface area contributed by atoms with Crippen LogP contribution in [0.15, 0.2) is 112 Å². The van der Waals surface area contributed by atoms with E-state index in [0.717, 1.165) is 28.8 Å². The summed E-state index contributed by atoms with van der Waals surface area (Å²) in [4.78, 5) is 31.9. The number of nitrogens with one attached hydrogen (secondary N) is 2. The van der Waals surface area contributed by atoms with E-state index >= 15 is 0 Å². The molecule has 53 heavy (non-hydrogen) atoms. The molecular formula is C37H44N6O7S3. The number of sulfonamides is 1. The number of rotatable bonds is 16. The number of benzene rings is 4. The third kappa shape index (κ3) is 11.0. The Kier molecular flexibility index (Phi) is 13.2. The highest BCUT2D eigenvalue weighted by atomic mass is 32.2. The molecule has 2 N–H and O–H groups in total. The first-order chi connectivity index (χ1) is 25.2. The van der Waals surface area contributed by atoms with Gasteiger partial charge in [0.1, 0.15) is 5.69 Å². The van der Waals surface area contributed by atoms with Crippen LogP contribution in [0.25, 0.3) is 0 Å². The zero-order valence-corrected chi connectivity index (χ0v) is 32.3. The maximum absolute atomic E-state index is 13.3. The first-order valence-electron chi connectivity index (χ1n) is 17.0. The van der Waals surface area contributed by atoms with Crippen molar-refractivity contribution < 1.29 is 26.6 Å². The van der Waals surface area contributed by atoms with Crippen molar-refractivity contribution in [2.75, 3.05) is 69.0 Å². The molecule has 4 aromatic rings. The fourth-order valence-electron chi connectivity index (χ4n) is 5.96. The van der Waals surface area contributed by atoms with Gasteiger partial charge in [-0.2, -0.15) is 0 Å². The molecule has 0 radical (unpaired) electrons. The summed E-state index contributed by atoms with van der Waals surface area (Å²) >= 11 is 1.62. The molecule has 1 aliphatic heterocycles. The largest absolute Gasteiger partial charge is 0.376 e. The second-order valence-corrected chi connectivity index (χ2v) is 17.9. The first-order valence-corrected chi connectivity index (χ1v) is 21.4. The Morgan fingerprint density at radius 2 is 1.57 bits per heavy atom. The Bertz CT molecular complexity index is 2110. The average Bonchev–Trinajstić information content (AvgIpc) is 3.13. The van der Waals surface area contributed by atoms with E-state index in [1.807, 2.05) is 66.2 Å². The standard InChI is InChI=1S/C37H44N6O7S3/c1-40(2)20-19-30(27-51-32-10-5-4-6-11-32)38-34-18-17-33(25-35(34)43(45)46)53(49,50)39-37(44)28-13-15-31(16-14-28)42-23-21-41(22-24-42)26-29-9-7-8-12-36(29)52(3,47)48/h4-18,25,30,38H,19-24,26-27H2,1-3H3,(H,39,44)/t30-/m1/s1. The summed E-state index contributed by atoms with van der Waals surface area (Å²) in [6.07, 6.45) is 1.90. The van der Waals surface area contributed by atoms with Crippen molar-refractivity contribution in [3.05, 3.63) is 118 Å². The molecule has 0 bridgehead atoms. The van der Waals surface area contributed by atoms with Crippen molar-refractivity contribution in [3.63, 3.8) is 0 Å².